The molecule has 2 rings (SSSR count). The van der Waals surface area contributed by atoms with Crippen molar-refractivity contribution in [3.05, 3.63) is 29.5 Å². The predicted molar refractivity (Wildman–Crippen MR) is 53.6 cm³/mol. The zero-order chi connectivity index (χ0) is 11.9. The number of aryl methyl sites for hydroxylation is 1. The first kappa shape index (κ1) is 10.9. The third-order valence-electron chi connectivity index (χ3n) is 2.44. The Balaban J connectivity index is 2.86. The second-order valence-corrected chi connectivity index (χ2v) is 3.49. The fraction of sp³-hybridized carbons (Fsp3) is 0.300. The van der Waals surface area contributed by atoms with Crippen molar-refractivity contribution in [1.29, 1.82) is 0 Å². The van der Waals surface area contributed by atoms with Crippen LogP contribution in [0.15, 0.2) is 18.2 Å². The Morgan fingerprint density at radius 1 is 1.38 bits per heavy atom. The molecule has 0 bridgehead atoms. The van der Waals surface area contributed by atoms with Gasteiger partial charge in [0.15, 0.2) is 0 Å². The molecule has 1 heterocycles. The van der Waals surface area contributed by atoms with Crippen LogP contribution in [0.3, 0.4) is 0 Å². The van der Waals surface area contributed by atoms with Crippen LogP contribution in [0.2, 0.25) is 0 Å². The van der Waals surface area contributed by atoms with Crippen molar-refractivity contribution < 1.29 is 13.2 Å². The standard InChI is InChI=1S/C10H10F3N3/c1-16-9(10(11,12)13)8-6(5-14)3-2-4-7(8)15-16/h2-4H,5,14H2,1H3. The minimum atomic E-state index is -4.42. The Hall–Kier alpha value is -1.56. The molecule has 1 aromatic carbocycles. The zero-order valence-electron chi connectivity index (χ0n) is 8.54. The number of halogens is 3. The van der Waals surface area contributed by atoms with Gasteiger partial charge in [0.05, 0.1) is 5.52 Å². The molecule has 3 nitrogen and oxygen atoms in total. The van der Waals surface area contributed by atoms with Crippen molar-refractivity contribution in [2.45, 2.75) is 12.7 Å². The molecule has 86 valence electrons. The molecule has 0 radical (unpaired) electrons. The molecule has 0 fully saturated rings. The summed E-state index contributed by atoms with van der Waals surface area (Å²) >= 11 is 0. The molecule has 0 atom stereocenters. The Morgan fingerprint density at radius 2 is 2.06 bits per heavy atom. The Bertz CT molecular complexity index is 528. The highest BCUT2D eigenvalue weighted by molar-refractivity contribution is 5.85. The second kappa shape index (κ2) is 3.48. The summed E-state index contributed by atoms with van der Waals surface area (Å²) in [6.45, 7) is 0.0616. The van der Waals surface area contributed by atoms with Crippen molar-refractivity contribution in [3.8, 4) is 0 Å². The summed E-state index contributed by atoms with van der Waals surface area (Å²) < 4.78 is 39.3. The summed E-state index contributed by atoms with van der Waals surface area (Å²) in [5, 5.41) is 3.93. The van der Waals surface area contributed by atoms with E-state index in [9.17, 15) is 13.2 Å². The Morgan fingerprint density at radius 3 is 2.62 bits per heavy atom. The molecular formula is C10H10F3N3. The minimum absolute atomic E-state index is 0.0616. The third kappa shape index (κ3) is 1.55. The van der Waals surface area contributed by atoms with E-state index in [1.165, 1.54) is 7.05 Å². The van der Waals surface area contributed by atoms with Gasteiger partial charge in [-0.05, 0) is 11.6 Å². The highest BCUT2D eigenvalue weighted by atomic mass is 19.4. The number of nitrogens with two attached hydrogens (primary N) is 1. The first-order chi connectivity index (χ1) is 7.45. The quantitative estimate of drug-likeness (QED) is 0.813. The predicted octanol–water partition coefficient (Wildman–Crippen LogP) is 2.05. The van der Waals surface area contributed by atoms with E-state index in [-0.39, 0.29) is 11.9 Å². The lowest BCUT2D eigenvalue weighted by atomic mass is 10.1. The van der Waals surface area contributed by atoms with Gasteiger partial charge in [0.2, 0.25) is 0 Å². The van der Waals surface area contributed by atoms with E-state index in [2.05, 4.69) is 5.10 Å². The van der Waals surface area contributed by atoms with E-state index in [0.29, 0.717) is 11.1 Å². The van der Waals surface area contributed by atoms with E-state index < -0.39 is 11.9 Å². The van der Waals surface area contributed by atoms with Crippen LogP contribution in [-0.2, 0) is 19.8 Å². The number of nitrogens with zero attached hydrogens (tertiary/aromatic N) is 2. The lowest BCUT2D eigenvalue weighted by Gasteiger charge is -2.08. The first-order valence-electron chi connectivity index (χ1n) is 4.67. The van der Waals surface area contributed by atoms with Crippen molar-refractivity contribution in [2.24, 2.45) is 12.8 Å². The van der Waals surface area contributed by atoms with E-state index in [0.717, 1.165) is 4.68 Å². The van der Waals surface area contributed by atoms with Crippen LogP contribution in [0.25, 0.3) is 10.9 Å². The fourth-order valence-corrected chi connectivity index (χ4v) is 1.81. The number of rotatable bonds is 1. The van der Waals surface area contributed by atoms with Crippen molar-refractivity contribution in [1.82, 2.24) is 9.78 Å². The van der Waals surface area contributed by atoms with Crippen LogP contribution in [0, 0.1) is 0 Å². The number of hydrogen-bond donors (Lipinski definition) is 1. The Kier molecular flexibility index (Phi) is 2.38. The molecule has 0 aliphatic carbocycles. The van der Waals surface area contributed by atoms with Crippen LogP contribution in [0.4, 0.5) is 13.2 Å². The largest absolute Gasteiger partial charge is 0.433 e. The summed E-state index contributed by atoms with van der Waals surface area (Å²) in [7, 11) is 1.28. The van der Waals surface area contributed by atoms with Crippen LogP contribution in [0.5, 0.6) is 0 Å². The molecule has 0 aliphatic rings. The normalized spacial score (nSPS) is 12.3. The highest BCUT2D eigenvalue weighted by Gasteiger charge is 2.37. The lowest BCUT2D eigenvalue weighted by Crippen LogP contribution is -2.13. The summed E-state index contributed by atoms with van der Waals surface area (Å²) in [4.78, 5) is 0. The molecule has 0 saturated heterocycles. The van der Waals surface area contributed by atoms with Crippen LogP contribution < -0.4 is 5.73 Å². The first-order valence-corrected chi connectivity index (χ1v) is 4.67. The fourth-order valence-electron chi connectivity index (χ4n) is 1.81. The molecule has 2 N–H and O–H groups in total. The van der Waals surface area contributed by atoms with Gasteiger partial charge in [0.1, 0.15) is 5.69 Å². The van der Waals surface area contributed by atoms with Gasteiger partial charge in [0.25, 0.3) is 0 Å². The number of benzene rings is 1. The monoisotopic (exact) mass is 229 g/mol. The Labute approximate surface area is 89.7 Å². The molecule has 2 aromatic rings. The molecule has 0 unspecified atom stereocenters. The number of hydrogen-bond acceptors (Lipinski definition) is 2. The molecule has 0 amide bonds. The summed E-state index contributed by atoms with van der Waals surface area (Å²) in [5.41, 5.74) is 5.46. The van der Waals surface area contributed by atoms with Crippen molar-refractivity contribution in [3.63, 3.8) is 0 Å². The van der Waals surface area contributed by atoms with Crippen molar-refractivity contribution >= 4 is 10.9 Å². The van der Waals surface area contributed by atoms with Gasteiger partial charge in [-0.25, -0.2) is 0 Å². The SMILES string of the molecule is Cn1nc2cccc(CN)c2c1C(F)(F)F. The molecule has 0 saturated carbocycles. The van der Waals surface area contributed by atoms with Crippen LogP contribution >= 0.6 is 0 Å². The second-order valence-electron chi connectivity index (χ2n) is 3.49. The van der Waals surface area contributed by atoms with Gasteiger partial charge in [0, 0.05) is 19.0 Å². The number of fused-ring (bicyclic) bond motifs is 1. The molecule has 16 heavy (non-hydrogen) atoms. The van der Waals surface area contributed by atoms with Crippen LogP contribution in [-0.4, -0.2) is 9.78 Å². The van der Waals surface area contributed by atoms with E-state index in [1.54, 1.807) is 18.2 Å². The number of alkyl halides is 3. The van der Waals surface area contributed by atoms with Gasteiger partial charge >= 0.3 is 6.18 Å². The third-order valence-corrected chi connectivity index (χ3v) is 2.44. The average Bonchev–Trinajstić information content (AvgIpc) is 2.52. The van der Waals surface area contributed by atoms with Gasteiger partial charge < -0.3 is 5.73 Å². The minimum Gasteiger partial charge on any atom is -0.326 e. The smallest absolute Gasteiger partial charge is 0.326 e. The van der Waals surface area contributed by atoms with E-state index in [4.69, 9.17) is 5.73 Å². The van der Waals surface area contributed by atoms with Gasteiger partial charge in [-0.15, -0.1) is 0 Å². The summed E-state index contributed by atoms with van der Waals surface area (Å²) in [5.74, 6) is 0. The molecular weight excluding hydrogens is 219 g/mol. The van der Waals surface area contributed by atoms with E-state index in [1.807, 2.05) is 0 Å². The lowest BCUT2D eigenvalue weighted by molar-refractivity contribution is -0.142. The summed E-state index contributed by atoms with van der Waals surface area (Å²) in [6.07, 6.45) is -4.42. The van der Waals surface area contributed by atoms with Crippen molar-refractivity contribution in [2.75, 3.05) is 0 Å². The maximum Gasteiger partial charge on any atom is 0.433 e. The topological polar surface area (TPSA) is 43.8 Å². The highest BCUT2D eigenvalue weighted by Crippen LogP contribution is 2.35. The molecule has 6 heteroatoms. The maximum atomic E-state index is 12.8. The summed E-state index contributed by atoms with van der Waals surface area (Å²) in [6, 6.07) is 4.78. The molecule has 0 spiro atoms. The molecule has 0 aliphatic heterocycles. The average molecular weight is 229 g/mol. The van der Waals surface area contributed by atoms with Gasteiger partial charge in [-0.3, -0.25) is 4.68 Å². The maximum absolute atomic E-state index is 12.8. The van der Waals surface area contributed by atoms with E-state index >= 15 is 0 Å². The number of aromatic nitrogens is 2. The zero-order valence-corrected chi connectivity index (χ0v) is 8.54. The molecule has 1 aromatic heterocycles. The van der Waals surface area contributed by atoms with Crippen LogP contribution in [0.1, 0.15) is 11.3 Å². The van der Waals surface area contributed by atoms with Gasteiger partial charge in [-0.2, -0.15) is 18.3 Å². The van der Waals surface area contributed by atoms with Gasteiger partial charge in [-0.1, -0.05) is 12.1 Å².